The number of amides is 1. The van der Waals surface area contributed by atoms with E-state index in [2.05, 4.69) is 5.16 Å². The second kappa shape index (κ2) is 5.48. The van der Waals surface area contributed by atoms with Crippen LogP contribution in [0.4, 0.5) is 5.69 Å². The van der Waals surface area contributed by atoms with Crippen LogP contribution in [0.2, 0.25) is 0 Å². The topological polar surface area (TPSA) is 92.1 Å². The molecule has 6 nitrogen and oxygen atoms in total. The summed E-state index contributed by atoms with van der Waals surface area (Å²) in [4.78, 5) is 13.8. The second-order valence-corrected chi connectivity index (χ2v) is 4.31. The van der Waals surface area contributed by atoms with Crippen LogP contribution in [0, 0.1) is 6.92 Å². The first-order valence-corrected chi connectivity index (χ1v) is 5.94. The van der Waals surface area contributed by atoms with Crippen LogP contribution in [0.1, 0.15) is 21.7 Å². The molecular formula is C14H15N3O3. The Morgan fingerprint density at radius 1 is 1.40 bits per heavy atom. The molecule has 2 rings (SSSR count). The molecule has 6 heteroatoms. The average Bonchev–Trinajstić information content (AvgIpc) is 2.91. The molecule has 0 atom stereocenters. The maximum atomic E-state index is 12.3. The highest BCUT2D eigenvalue weighted by atomic mass is 16.4. The van der Waals surface area contributed by atoms with Crippen LogP contribution in [-0.4, -0.2) is 24.0 Å². The van der Waals surface area contributed by atoms with Gasteiger partial charge in [0.15, 0.2) is 5.84 Å². The normalized spacial score (nSPS) is 11.4. The molecule has 0 fully saturated rings. The van der Waals surface area contributed by atoms with Crippen LogP contribution in [0.15, 0.2) is 46.2 Å². The van der Waals surface area contributed by atoms with E-state index in [4.69, 9.17) is 15.4 Å². The van der Waals surface area contributed by atoms with Crippen LogP contribution in [0.3, 0.4) is 0 Å². The number of para-hydroxylation sites is 1. The van der Waals surface area contributed by atoms with Gasteiger partial charge in [-0.25, -0.2) is 0 Å². The minimum Gasteiger partial charge on any atom is -0.469 e. The molecular weight excluding hydrogens is 258 g/mol. The van der Waals surface area contributed by atoms with Gasteiger partial charge in [0.1, 0.15) is 12.0 Å². The molecule has 0 aliphatic rings. The summed E-state index contributed by atoms with van der Waals surface area (Å²) in [5, 5.41) is 11.8. The van der Waals surface area contributed by atoms with E-state index in [9.17, 15) is 4.79 Å². The standard InChI is InChI=1S/C14H15N3O3/c1-9-7-10(8-20-9)14(18)17(2)12-6-4-3-5-11(12)13(15)16-19/h3-8,19H,1-2H3,(H2,15,16). The lowest BCUT2D eigenvalue weighted by atomic mass is 10.1. The third kappa shape index (κ3) is 2.49. The lowest BCUT2D eigenvalue weighted by Gasteiger charge is -2.19. The Balaban J connectivity index is 2.39. The number of nitrogens with two attached hydrogens (primary N) is 1. The van der Waals surface area contributed by atoms with Crippen molar-refractivity contribution in [3.8, 4) is 0 Å². The van der Waals surface area contributed by atoms with E-state index in [1.807, 2.05) is 0 Å². The SMILES string of the molecule is Cc1cc(C(=O)N(C)c2ccccc2/C(N)=N/O)co1. The molecule has 1 aromatic carbocycles. The Hall–Kier alpha value is -2.76. The predicted octanol–water partition coefficient (Wildman–Crippen LogP) is 1.96. The summed E-state index contributed by atoms with van der Waals surface area (Å²) >= 11 is 0. The number of rotatable bonds is 3. The number of aryl methyl sites for hydroxylation is 1. The van der Waals surface area contributed by atoms with Gasteiger partial charge < -0.3 is 20.3 Å². The summed E-state index contributed by atoms with van der Waals surface area (Å²) in [6, 6.07) is 8.57. The Bertz CT molecular complexity index is 661. The molecule has 3 N–H and O–H groups in total. The molecule has 1 amide bonds. The van der Waals surface area contributed by atoms with Crippen molar-refractivity contribution in [3.05, 3.63) is 53.5 Å². The van der Waals surface area contributed by atoms with Crippen molar-refractivity contribution in [1.29, 1.82) is 0 Å². The summed E-state index contributed by atoms with van der Waals surface area (Å²) in [7, 11) is 1.62. The molecule has 104 valence electrons. The lowest BCUT2D eigenvalue weighted by molar-refractivity contribution is 0.0992. The zero-order valence-electron chi connectivity index (χ0n) is 11.2. The molecule has 2 aromatic rings. The number of hydrogen-bond donors (Lipinski definition) is 2. The van der Waals surface area contributed by atoms with Gasteiger partial charge in [-0.2, -0.15) is 0 Å². The van der Waals surface area contributed by atoms with Crippen molar-refractivity contribution in [3.63, 3.8) is 0 Å². The molecule has 1 heterocycles. The molecule has 0 bridgehead atoms. The van der Waals surface area contributed by atoms with Crippen molar-refractivity contribution in [1.82, 2.24) is 0 Å². The number of hydrogen-bond acceptors (Lipinski definition) is 4. The van der Waals surface area contributed by atoms with Crippen LogP contribution >= 0.6 is 0 Å². The Labute approximate surface area is 116 Å². The first-order valence-electron chi connectivity index (χ1n) is 5.94. The highest BCUT2D eigenvalue weighted by molar-refractivity contribution is 6.10. The molecule has 20 heavy (non-hydrogen) atoms. The van der Waals surface area contributed by atoms with E-state index in [1.54, 1.807) is 44.3 Å². The highest BCUT2D eigenvalue weighted by Crippen LogP contribution is 2.21. The Morgan fingerprint density at radius 2 is 2.10 bits per heavy atom. The summed E-state index contributed by atoms with van der Waals surface area (Å²) in [6.07, 6.45) is 1.40. The first kappa shape index (κ1) is 13.7. The van der Waals surface area contributed by atoms with Gasteiger partial charge in [-0.3, -0.25) is 4.79 Å². The van der Waals surface area contributed by atoms with E-state index in [1.165, 1.54) is 11.2 Å². The third-order valence-electron chi connectivity index (χ3n) is 2.93. The number of carbonyl (C=O) groups excluding carboxylic acids is 1. The van der Waals surface area contributed by atoms with E-state index >= 15 is 0 Å². The van der Waals surface area contributed by atoms with Crippen LogP contribution in [-0.2, 0) is 0 Å². The summed E-state index contributed by atoms with van der Waals surface area (Å²) in [5.41, 5.74) is 7.09. The minimum atomic E-state index is -0.236. The van der Waals surface area contributed by atoms with Gasteiger partial charge in [0.2, 0.25) is 0 Å². The molecule has 0 radical (unpaired) electrons. The largest absolute Gasteiger partial charge is 0.469 e. The summed E-state index contributed by atoms with van der Waals surface area (Å²) < 4.78 is 5.13. The van der Waals surface area contributed by atoms with Gasteiger partial charge in [-0.15, -0.1) is 0 Å². The van der Waals surface area contributed by atoms with Gasteiger partial charge in [0.25, 0.3) is 5.91 Å². The summed E-state index contributed by atoms with van der Waals surface area (Å²) in [6.45, 7) is 1.77. The van der Waals surface area contributed by atoms with Gasteiger partial charge >= 0.3 is 0 Å². The summed E-state index contributed by atoms with van der Waals surface area (Å²) in [5.74, 6) is 0.370. The van der Waals surface area contributed by atoms with Crippen molar-refractivity contribution in [2.24, 2.45) is 10.9 Å². The number of nitrogens with zero attached hydrogens (tertiary/aromatic N) is 2. The second-order valence-electron chi connectivity index (χ2n) is 4.31. The van der Waals surface area contributed by atoms with Crippen molar-refractivity contribution in [2.45, 2.75) is 6.92 Å². The van der Waals surface area contributed by atoms with Crippen molar-refractivity contribution >= 4 is 17.4 Å². The van der Waals surface area contributed by atoms with E-state index in [0.29, 0.717) is 22.6 Å². The molecule has 1 aromatic heterocycles. The number of carbonyl (C=O) groups is 1. The van der Waals surface area contributed by atoms with Crippen LogP contribution < -0.4 is 10.6 Å². The monoisotopic (exact) mass is 273 g/mol. The highest BCUT2D eigenvalue weighted by Gasteiger charge is 2.19. The average molecular weight is 273 g/mol. The Morgan fingerprint density at radius 3 is 2.70 bits per heavy atom. The third-order valence-corrected chi connectivity index (χ3v) is 2.93. The molecule has 0 saturated carbocycles. The van der Waals surface area contributed by atoms with Crippen LogP contribution in [0.25, 0.3) is 0 Å². The number of oxime groups is 1. The van der Waals surface area contributed by atoms with Crippen molar-refractivity contribution in [2.75, 3.05) is 11.9 Å². The minimum absolute atomic E-state index is 0.0522. The van der Waals surface area contributed by atoms with E-state index in [0.717, 1.165) is 0 Å². The molecule has 0 aliphatic heterocycles. The maximum absolute atomic E-state index is 12.3. The lowest BCUT2D eigenvalue weighted by Crippen LogP contribution is -2.28. The van der Waals surface area contributed by atoms with Gasteiger partial charge in [0.05, 0.1) is 11.3 Å². The number of furan rings is 1. The fraction of sp³-hybridized carbons (Fsp3) is 0.143. The fourth-order valence-corrected chi connectivity index (χ4v) is 1.90. The van der Waals surface area contributed by atoms with Gasteiger partial charge in [-0.05, 0) is 25.1 Å². The van der Waals surface area contributed by atoms with Crippen LogP contribution in [0.5, 0.6) is 0 Å². The molecule has 0 aliphatic carbocycles. The zero-order chi connectivity index (χ0) is 14.7. The van der Waals surface area contributed by atoms with Gasteiger partial charge in [-0.1, -0.05) is 17.3 Å². The van der Waals surface area contributed by atoms with Gasteiger partial charge in [0, 0.05) is 12.6 Å². The van der Waals surface area contributed by atoms with E-state index < -0.39 is 0 Å². The Kier molecular flexibility index (Phi) is 3.74. The predicted molar refractivity (Wildman–Crippen MR) is 75.1 cm³/mol. The quantitative estimate of drug-likeness (QED) is 0.387. The van der Waals surface area contributed by atoms with Crippen molar-refractivity contribution < 1.29 is 14.4 Å². The number of benzene rings is 1. The molecule has 0 saturated heterocycles. The maximum Gasteiger partial charge on any atom is 0.261 e. The van der Waals surface area contributed by atoms with E-state index in [-0.39, 0.29) is 11.7 Å². The fourth-order valence-electron chi connectivity index (χ4n) is 1.90. The first-order chi connectivity index (χ1) is 9.54. The molecule has 0 spiro atoms. The number of anilines is 1. The zero-order valence-corrected chi connectivity index (χ0v) is 11.2. The molecule has 0 unspecified atom stereocenters. The number of amidine groups is 1. The smallest absolute Gasteiger partial charge is 0.261 e.